The minimum atomic E-state index is -0.367. The number of benzene rings is 1. The first kappa shape index (κ1) is 18.5. The van der Waals surface area contributed by atoms with Gasteiger partial charge >= 0.3 is 0 Å². The van der Waals surface area contributed by atoms with E-state index in [4.69, 9.17) is 0 Å². The standard InChI is InChI=1S/C21H15N5O2S/c22-12-15-13-23-26(19-9-7-14-4-1-2-5-16(14)24-19)21(15)25-20(28)10-8-17(27)18-6-3-11-29-18/h1-7,9,11,13H,8,10H2,(H,25,28). The van der Waals surface area contributed by atoms with Gasteiger partial charge in [0.15, 0.2) is 17.4 Å². The van der Waals surface area contributed by atoms with Crippen molar-refractivity contribution in [2.24, 2.45) is 0 Å². The molecule has 0 aliphatic rings. The van der Waals surface area contributed by atoms with Crippen LogP contribution >= 0.6 is 11.3 Å². The normalized spacial score (nSPS) is 10.6. The highest BCUT2D eigenvalue weighted by molar-refractivity contribution is 7.12. The third-order valence-corrected chi connectivity index (χ3v) is 5.23. The molecule has 3 heterocycles. The third-order valence-electron chi connectivity index (χ3n) is 4.32. The maximum Gasteiger partial charge on any atom is 0.226 e. The highest BCUT2D eigenvalue weighted by atomic mass is 32.1. The van der Waals surface area contributed by atoms with E-state index >= 15 is 0 Å². The van der Waals surface area contributed by atoms with E-state index in [1.54, 1.807) is 18.2 Å². The first-order valence-corrected chi connectivity index (χ1v) is 9.74. The third kappa shape index (κ3) is 3.90. The zero-order chi connectivity index (χ0) is 20.2. The van der Waals surface area contributed by atoms with E-state index in [2.05, 4.69) is 15.4 Å². The molecule has 1 N–H and O–H groups in total. The van der Waals surface area contributed by atoms with Crippen LogP contribution in [-0.4, -0.2) is 26.5 Å². The van der Waals surface area contributed by atoms with E-state index in [0.29, 0.717) is 10.7 Å². The number of Topliss-reactive ketones (excluding diaryl/α,β-unsaturated/α-hetero) is 1. The van der Waals surface area contributed by atoms with Gasteiger partial charge in [-0.15, -0.1) is 11.3 Å². The highest BCUT2D eigenvalue weighted by Gasteiger charge is 2.17. The van der Waals surface area contributed by atoms with E-state index in [1.165, 1.54) is 22.2 Å². The van der Waals surface area contributed by atoms with E-state index in [-0.39, 0.29) is 35.9 Å². The lowest BCUT2D eigenvalue weighted by Crippen LogP contribution is -2.17. The smallest absolute Gasteiger partial charge is 0.226 e. The van der Waals surface area contributed by atoms with Crippen molar-refractivity contribution >= 4 is 39.7 Å². The number of thiophene rings is 1. The fraction of sp³-hybridized carbons (Fsp3) is 0.0952. The van der Waals surface area contributed by atoms with Crippen LogP contribution in [0.5, 0.6) is 0 Å². The molecule has 3 aromatic heterocycles. The number of hydrogen-bond acceptors (Lipinski definition) is 6. The molecule has 1 amide bonds. The summed E-state index contributed by atoms with van der Waals surface area (Å²) >= 11 is 1.35. The lowest BCUT2D eigenvalue weighted by Gasteiger charge is -2.09. The monoisotopic (exact) mass is 401 g/mol. The van der Waals surface area contributed by atoms with Crippen LogP contribution in [0.15, 0.2) is 60.1 Å². The average molecular weight is 401 g/mol. The van der Waals surface area contributed by atoms with Gasteiger partial charge < -0.3 is 5.32 Å². The molecule has 4 rings (SSSR count). The van der Waals surface area contributed by atoms with Crippen molar-refractivity contribution < 1.29 is 9.59 Å². The molecule has 0 unspecified atom stereocenters. The Labute approximate surface area is 170 Å². The number of aromatic nitrogens is 3. The number of para-hydroxylation sites is 1. The van der Waals surface area contributed by atoms with Gasteiger partial charge in [0.25, 0.3) is 0 Å². The van der Waals surface area contributed by atoms with E-state index in [1.807, 2.05) is 41.8 Å². The van der Waals surface area contributed by atoms with Gasteiger partial charge in [0, 0.05) is 18.2 Å². The first-order chi connectivity index (χ1) is 14.2. The van der Waals surface area contributed by atoms with Gasteiger partial charge in [0.2, 0.25) is 5.91 Å². The van der Waals surface area contributed by atoms with E-state index in [0.717, 1.165) is 10.9 Å². The summed E-state index contributed by atoms with van der Waals surface area (Å²) in [5.41, 5.74) is 0.996. The summed E-state index contributed by atoms with van der Waals surface area (Å²) in [7, 11) is 0. The summed E-state index contributed by atoms with van der Waals surface area (Å²) in [6.07, 6.45) is 1.48. The molecule has 142 valence electrons. The molecule has 0 spiro atoms. The number of nitriles is 1. The molecule has 0 fully saturated rings. The van der Waals surface area contributed by atoms with Gasteiger partial charge in [-0.25, -0.2) is 4.98 Å². The van der Waals surface area contributed by atoms with Crippen LogP contribution < -0.4 is 5.32 Å². The zero-order valence-corrected chi connectivity index (χ0v) is 16.0. The van der Waals surface area contributed by atoms with Crippen molar-refractivity contribution in [2.75, 3.05) is 5.32 Å². The van der Waals surface area contributed by atoms with Crippen LogP contribution in [0.4, 0.5) is 5.82 Å². The molecular formula is C21H15N5O2S. The Morgan fingerprint density at radius 2 is 1.97 bits per heavy atom. The second kappa shape index (κ2) is 8.04. The minimum absolute atomic E-state index is 0.0118. The summed E-state index contributed by atoms with van der Waals surface area (Å²) in [4.78, 5) is 29.7. The summed E-state index contributed by atoms with van der Waals surface area (Å²) in [6.45, 7) is 0. The fourth-order valence-corrected chi connectivity index (χ4v) is 3.57. The number of nitrogens with zero attached hydrogens (tertiary/aromatic N) is 4. The van der Waals surface area contributed by atoms with Crippen molar-refractivity contribution in [3.63, 3.8) is 0 Å². The predicted molar refractivity (Wildman–Crippen MR) is 110 cm³/mol. The van der Waals surface area contributed by atoms with Gasteiger partial charge in [-0.2, -0.15) is 15.0 Å². The van der Waals surface area contributed by atoms with Crippen molar-refractivity contribution in [2.45, 2.75) is 12.8 Å². The Balaban J connectivity index is 1.55. The van der Waals surface area contributed by atoms with E-state index in [9.17, 15) is 14.9 Å². The Morgan fingerprint density at radius 1 is 1.10 bits per heavy atom. The van der Waals surface area contributed by atoms with Crippen molar-refractivity contribution in [1.29, 1.82) is 5.26 Å². The molecule has 0 saturated heterocycles. The van der Waals surface area contributed by atoms with Gasteiger partial charge in [0.05, 0.1) is 16.6 Å². The largest absolute Gasteiger partial charge is 0.309 e. The maximum atomic E-state index is 12.4. The summed E-state index contributed by atoms with van der Waals surface area (Å²) in [5.74, 6) is 0.272. The predicted octanol–water partition coefficient (Wildman–Crippen LogP) is 3.96. The molecule has 7 nitrogen and oxygen atoms in total. The molecule has 0 saturated carbocycles. The van der Waals surface area contributed by atoms with Crippen LogP contribution in [0.25, 0.3) is 16.7 Å². The lowest BCUT2D eigenvalue weighted by molar-refractivity contribution is -0.116. The Hall–Kier alpha value is -3.83. The quantitative estimate of drug-likeness (QED) is 0.493. The molecule has 0 radical (unpaired) electrons. The molecule has 1 aromatic carbocycles. The summed E-state index contributed by atoms with van der Waals surface area (Å²) in [6, 6.07) is 16.9. The van der Waals surface area contributed by atoms with Crippen LogP contribution in [-0.2, 0) is 4.79 Å². The molecule has 0 aliphatic carbocycles. The van der Waals surface area contributed by atoms with Crippen LogP contribution in [0.3, 0.4) is 0 Å². The lowest BCUT2D eigenvalue weighted by atomic mass is 10.2. The van der Waals surface area contributed by atoms with Crippen LogP contribution in [0.1, 0.15) is 28.1 Å². The molecule has 8 heteroatoms. The van der Waals surface area contributed by atoms with Crippen molar-refractivity contribution in [3.8, 4) is 11.9 Å². The number of pyridine rings is 1. The van der Waals surface area contributed by atoms with Crippen LogP contribution in [0, 0.1) is 11.3 Å². The zero-order valence-electron chi connectivity index (χ0n) is 15.2. The number of carbonyl (C=O) groups excluding carboxylic acids is 2. The first-order valence-electron chi connectivity index (χ1n) is 8.86. The molecule has 4 aromatic rings. The Morgan fingerprint density at radius 3 is 2.76 bits per heavy atom. The van der Waals surface area contributed by atoms with Gasteiger partial charge in [-0.3, -0.25) is 9.59 Å². The topological polar surface area (TPSA) is 101 Å². The fourth-order valence-electron chi connectivity index (χ4n) is 2.88. The van der Waals surface area contributed by atoms with E-state index < -0.39 is 0 Å². The number of fused-ring (bicyclic) bond motifs is 1. The number of carbonyl (C=O) groups is 2. The minimum Gasteiger partial charge on any atom is -0.309 e. The Kier molecular flexibility index (Phi) is 5.14. The number of rotatable bonds is 6. The number of anilines is 1. The second-order valence-corrected chi connectivity index (χ2v) is 7.19. The number of ketones is 1. The maximum absolute atomic E-state index is 12.4. The number of hydrogen-bond donors (Lipinski definition) is 1. The van der Waals surface area contributed by atoms with Crippen molar-refractivity contribution in [3.05, 3.63) is 70.5 Å². The SMILES string of the molecule is N#Cc1cnn(-c2ccc3ccccc3n2)c1NC(=O)CCC(=O)c1cccs1. The number of nitrogens with one attached hydrogen (secondary N) is 1. The van der Waals surface area contributed by atoms with Gasteiger partial charge in [0.1, 0.15) is 11.6 Å². The van der Waals surface area contributed by atoms with Crippen molar-refractivity contribution in [1.82, 2.24) is 14.8 Å². The second-order valence-electron chi connectivity index (χ2n) is 6.24. The van der Waals surface area contributed by atoms with Gasteiger partial charge in [-0.05, 0) is 29.6 Å². The molecular weight excluding hydrogens is 386 g/mol. The summed E-state index contributed by atoms with van der Waals surface area (Å²) in [5, 5.41) is 19.1. The van der Waals surface area contributed by atoms with Gasteiger partial charge in [-0.1, -0.05) is 24.3 Å². The number of amides is 1. The molecule has 0 aliphatic heterocycles. The summed E-state index contributed by atoms with van der Waals surface area (Å²) < 4.78 is 1.42. The molecule has 0 atom stereocenters. The molecule has 29 heavy (non-hydrogen) atoms. The Bertz CT molecular complexity index is 1240. The molecule has 0 bridgehead atoms. The average Bonchev–Trinajstić information content (AvgIpc) is 3.42. The highest BCUT2D eigenvalue weighted by Crippen LogP contribution is 2.21. The van der Waals surface area contributed by atoms with Crippen LogP contribution in [0.2, 0.25) is 0 Å².